The molecule has 170 valence electrons. The molecule has 3 heterocycles. The zero-order valence-corrected chi connectivity index (χ0v) is 19.4. The first kappa shape index (κ1) is 21.7. The van der Waals surface area contributed by atoms with Crippen LogP contribution in [-0.4, -0.2) is 59.3 Å². The van der Waals surface area contributed by atoms with E-state index in [0.29, 0.717) is 0 Å². The van der Waals surface area contributed by atoms with Crippen molar-refractivity contribution >= 4 is 44.8 Å². The van der Waals surface area contributed by atoms with Crippen LogP contribution in [0.1, 0.15) is 10.4 Å². The van der Waals surface area contributed by atoms with Gasteiger partial charge in [0.25, 0.3) is 0 Å². The number of anilines is 3. The first-order chi connectivity index (χ1) is 16.3. The topological polar surface area (TPSA) is 67.4 Å². The van der Waals surface area contributed by atoms with E-state index in [-0.39, 0.29) is 6.61 Å². The van der Waals surface area contributed by atoms with Crippen LogP contribution in [0.4, 0.5) is 16.5 Å². The molecule has 4 aromatic rings. The Kier molecular flexibility index (Phi) is 6.71. The molecule has 1 fully saturated rings. The molecule has 2 aromatic heterocycles. The lowest BCUT2D eigenvalue weighted by molar-refractivity contribution is 0.189. The maximum atomic E-state index is 9.13. The molecular formula is C26H29N5OS. The number of rotatable bonds is 8. The van der Waals surface area contributed by atoms with Gasteiger partial charge in [-0.1, -0.05) is 24.3 Å². The second-order valence-corrected chi connectivity index (χ2v) is 9.41. The van der Waals surface area contributed by atoms with Crippen LogP contribution in [0, 0.1) is 0 Å². The van der Waals surface area contributed by atoms with E-state index >= 15 is 0 Å². The lowest BCUT2D eigenvalue weighted by atomic mass is 10.1. The predicted molar refractivity (Wildman–Crippen MR) is 139 cm³/mol. The molecule has 1 saturated heterocycles. The van der Waals surface area contributed by atoms with Gasteiger partial charge in [0.2, 0.25) is 0 Å². The van der Waals surface area contributed by atoms with Gasteiger partial charge in [0, 0.05) is 73.3 Å². The molecule has 6 nitrogen and oxygen atoms in total. The van der Waals surface area contributed by atoms with Gasteiger partial charge in [-0.25, -0.2) is 4.98 Å². The number of β-amino-alcohol motifs (C(OH)–C–C–N with tert-alkyl or cyclic N) is 1. The van der Waals surface area contributed by atoms with Crippen molar-refractivity contribution < 1.29 is 5.11 Å². The van der Waals surface area contributed by atoms with Crippen LogP contribution in [-0.2, 0) is 6.42 Å². The number of thiazole rings is 1. The van der Waals surface area contributed by atoms with Gasteiger partial charge in [-0.2, -0.15) is 0 Å². The number of hydrogen-bond acceptors (Lipinski definition) is 6. The summed E-state index contributed by atoms with van der Waals surface area (Å²) in [5.74, 6) is 0. The van der Waals surface area contributed by atoms with E-state index in [1.165, 1.54) is 27.0 Å². The predicted octanol–water partition coefficient (Wildman–Crippen LogP) is 4.74. The molecular weight excluding hydrogens is 430 g/mol. The summed E-state index contributed by atoms with van der Waals surface area (Å²) in [7, 11) is 0. The van der Waals surface area contributed by atoms with E-state index in [2.05, 4.69) is 85.8 Å². The largest absolute Gasteiger partial charge is 0.395 e. The highest BCUT2D eigenvalue weighted by atomic mass is 32.1. The number of aromatic nitrogens is 2. The molecule has 33 heavy (non-hydrogen) atoms. The van der Waals surface area contributed by atoms with E-state index in [9.17, 15) is 0 Å². The Morgan fingerprint density at radius 1 is 1.09 bits per heavy atom. The highest BCUT2D eigenvalue weighted by Crippen LogP contribution is 2.27. The first-order valence-electron chi connectivity index (χ1n) is 11.4. The molecule has 0 spiro atoms. The number of piperazine rings is 1. The zero-order valence-electron chi connectivity index (χ0n) is 18.6. The average molecular weight is 460 g/mol. The van der Waals surface area contributed by atoms with Crippen LogP contribution < -0.4 is 10.2 Å². The Labute approximate surface area is 198 Å². The number of H-pyrrole nitrogens is 1. The lowest BCUT2D eigenvalue weighted by Gasteiger charge is -2.35. The van der Waals surface area contributed by atoms with Crippen molar-refractivity contribution in [1.29, 1.82) is 0 Å². The van der Waals surface area contributed by atoms with Crippen molar-refractivity contribution in [2.45, 2.75) is 6.42 Å². The quantitative estimate of drug-likeness (QED) is 0.355. The van der Waals surface area contributed by atoms with Crippen LogP contribution in [0.15, 0.2) is 67.0 Å². The molecule has 0 radical (unpaired) electrons. The second-order valence-electron chi connectivity index (χ2n) is 8.29. The number of fused-ring (bicyclic) bond motifs is 1. The fourth-order valence-corrected chi connectivity index (χ4v) is 5.03. The number of aliphatic hydroxyl groups excluding tert-OH is 1. The van der Waals surface area contributed by atoms with Crippen LogP contribution >= 0.6 is 11.3 Å². The minimum absolute atomic E-state index is 0.230. The van der Waals surface area contributed by atoms with Crippen molar-refractivity contribution in [3.63, 3.8) is 0 Å². The maximum absolute atomic E-state index is 9.13. The van der Waals surface area contributed by atoms with Crippen molar-refractivity contribution in [2.24, 2.45) is 0 Å². The van der Waals surface area contributed by atoms with Crippen molar-refractivity contribution in [2.75, 3.05) is 49.5 Å². The number of aliphatic hydroxyl groups is 1. The minimum atomic E-state index is 0.230. The molecule has 0 saturated carbocycles. The Morgan fingerprint density at radius 3 is 2.88 bits per heavy atom. The van der Waals surface area contributed by atoms with Gasteiger partial charge in [-0.15, -0.1) is 11.3 Å². The fraction of sp³-hybridized carbons (Fsp3) is 0.269. The monoisotopic (exact) mass is 459 g/mol. The van der Waals surface area contributed by atoms with Gasteiger partial charge >= 0.3 is 0 Å². The van der Waals surface area contributed by atoms with E-state index in [1.54, 1.807) is 11.3 Å². The number of benzene rings is 2. The third-order valence-corrected chi connectivity index (χ3v) is 6.95. The van der Waals surface area contributed by atoms with Crippen molar-refractivity contribution in [3.05, 3.63) is 77.4 Å². The summed E-state index contributed by atoms with van der Waals surface area (Å²) < 4.78 is 0. The second kappa shape index (κ2) is 10.2. The van der Waals surface area contributed by atoms with Gasteiger partial charge in [-0.05, 0) is 47.3 Å². The fourth-order valence-electron chi connectivity index (χ4n) is 4.22. The van der Waals surface area contributed by atoms with E-state index in [1.807, 2.05) is 12.4 Å². The molecule has 1 aliphatic heterocycles. The number of hydrogen-bond donors (Lipinski definition) is 3. The summed E-state index contributed by atoms with van der Waals surface area (Å²) in [5, 5.41) is 14.7. The Bertz CT molecular complexity index is 1220. The highest BCUT2D eigenvalue weighted by Gasteiger charge is 2.17. The molecule has 0 bridgehead atoms. The molecule has 3 N–H and O–H groups in total. The normalized spacial score (nSPS) is 15.0. The molecule has 2 aromatic carbocycles. The van der Waals surface area contributed by atoms with Crippen LogP contribution in [0.5, 0.6) is 0 Å². The van der Waals surface area contributed by atoms with Crippen molar-refractivity contribution in [3.8, 4) is 0 Å². The summed E-state index contributed by atoms with van der Waals surface area (Å²) in [4.78, 5) is 13.7. The van der Waals surface area contributed by atoms with Crippen LogP contribution in [0.3, 0.4) is 0 Å². The summed E-state index contributed by atoms with van der Waals surface area (Å²) in [5.41, 5.74) is 4.65. The first-order valence-corrected chi connectivity index (χ1v) is 12.2. The van der Waals surface area contributed by atoms with Gasteiger partial charge in [0.1, 0.15) is 0 Å². The number of aromatic amines is 1. The highest BCUT2D eigenvalue weighted by molar-refractivity contribution is 7.15. The van der Waals surface area contributed by atoms with Crippen LogP contribution in [0.2, 0.25) is 0 Å². The molecule has 0 unspecified atom stereocenters. The number of allylic oxidation sites excluding steroid dienone is 1. The maximum Gasteiger partial charge on any atom is 0.187 e. The molecule has 0 aliphatic carbocycles. The zero-order chi connectivity index (χ0) is 22.5. The Morgan fingerprint density at radius 2 is 2.00 bits per heavy atom. The summed E-state index contributed by atoms with van der Waals surface area (Å²) in [6.45, 7) is 4.93. The van der Waals surface area contributed by atoms with E-state index in [4.69, 9.17) is 5.11 Å². The standard InChI is InChI=1S/C26H29N5OS/c32-16-15-30-11-13-31(14-12-30)23-5-2-4-22(18-23)29-26-28-19-24(33-26)6-1-3-20-7-8-25-21(17-20)9-10-27-25/h1-5,7-10,17-19,27,32H,6,11-16H2,(H,28,29)/b3-1+. The summed E-state index contributed by atoms with van der Waals surface area (Å²) in [6, 6.07) is 17.1. The third-order valence-electron chi connectivity index (χ3n) is 6.01. The Hall–Kier alpha value is -3.13. The SMILES string of the molecule is OCCN1CCN(c2cccc(Nc3ncc(C/C=C/c4ccc5[nH]ccc5c4)s3)c2)CC1. The average Bonchev–Trinajstić information content (AvgIpc) is 3.49. The van der Waals surface area contributed by atoms with E-state index in [0.717, 1.165) is 50.0 Å². The van der Waals surface area contributed by atoms with Gasteiger partial charge < -0.3 is 20.3 Å². The van der Waals surface area contributed by atoms with Gasteiger partial charge in [0.15, 0.2) is 5.13 Å². The number of nitrogens with zero attached hydrogens (tertiary/aromatic N) is 3. The summed E-state index contributed by atoms with van der Waals surface area (Å²) >= 11 is 1.69. The van der Waals surface area contributed by atoms with Crippen molar-refractivity contribution in [1.82, 2.24) is 14.9 Å². The molecule has 7 heteroatoms. The molecule has 1 aliphatic rings. The molecule has 0 amide bonds. The summed E-state index contributed by atoms with van der Waals surface area (Å²) in [6.07, 6.45) is 9.16. The van der Waals surface area contributed by atoms with Crippen LogP contribution in [0.25, 0.3) is 17.0 Å². The smallest absolute Gasteiger partial charge is 0.187 e. The third kappa shape index (κ3) is 5.45. The van der Waals surface area contributed by atoms with Gasteiger partial charge in [0.05, 0.1) is 6.61 Å². The lowest BCUT2D eigenvalue weighted by Crippen LogP contribution is -2.47. The minimum Gasteiger partial charge on any atom is -0.395 e. The molecule has 0 atom stereocenters. The number of nitrogens with one attached hydrogen (secondary N) is 2. The van der Waals surface area contributed by atoms with E-state index < -0.39 is 0 Å². The molecule has 5 rings (SSSR count). The Balaban J connectivity index is 1.17. The van der Waals surface area contributed by atoms with Gasteiger partial charge in [-0.3, -0.25) is 4.90 Å².